The Hall–Kier alpha value is -1.59. The summed E-state index contributed by atoms with van der Waals surface area (Å²) < 4.78 is 11.7. The van der Waals surface area contributed by atoms with E-state index in [0.717, 1.165) is 30.9 Å². The Bertz CT molecular complexity index is 629. The molecule has 2 fully saturated rings. The van der Waals surface area contributed by atoms with Crippen molar-refractivity contribution in [2.45, 2.75) is 39.0 Å². The topological polar surface area (TPSA) is 42.0 Å². The number of amides is 1. The van der Waals surface area contributed by atoms with Crippen molar-refractivity contribution >= 4 is 5.91 Å². The second-order valence-corrected chi connectivity index (χ2v) is 8.11. The second kappa shape index (κ2) is 6.96. The number of likely N-dealkylation sites (N-methyl/N-ethyl adjacent to an activating group) is 1. The molecule has 1 aromatic rings. The van der Waals surface area contributed by atoms with Gasteiger partial charge in [-0.25, -0.2) is 0 Å². The smallest absolute Gasteiger partial charge is 0.259 e. The zero-order valence-corrected chi connectivity index (χ0v) is 16.0. The Labute approximate surface area is 150 Å². The molecule has 1 amide bonds. The molecule has 1 saturated carbocycles. The molecule has 0 spiro atoms. The summed E-state index contributed by atoms with van der Waals surface area (Å²) in [5, 5.41) is 0. The lowest BCUT2D eigenvalue weighted by Crippen LogP contribution is -2.65. The van der Waals surface area contributed by atoms with Crippen molar-refractivity contribution in [2.24, 2.45) is 11.3 Å². The van der Waals surface area contributed by atoms with Crippen LogP contribution in [0.2, 0.25) is 0 Å². The summed E-state index contributed by atoms with van der Waals surface area (Å²) >= 11 is 0. The van der Waals surface area contributed by atoms with Gasteiger partial charge in [0, 0.05) is 50.2 Å². The summed E-state index contributed by atoms with van der Waals surface area (Å²) in [7, 11) is 5.66. The van der Waals surface area contributed by atoms with Crippen LogP contribution in [-0.2, 0) is 16.1 Å². The summed E-state index contributed by atoms with van der Waals surface area (Å²) in [4.78, 5) is 15.8. The van der Waals surface area contributed by atoms with Crippen LogP contribution < -0.4 is 4.74 Å². The predicted molar refractivity (Wildman–Crippen MR) is 97.5 cm³/mol. The van der Waals surface area contributed by atoms with Crippen LogP contribution in [0.25, 0.3) is 0 Å². The van der Waals surface area contributed by atoms with E-state index in [1.165, 1.54) is 0 Å². The molecular formula is C20H30N2O3. The molecule has 0 aromatic heterocycles. The van der Waals surface area contributed by atoms with E-state index in [4.69, 9.17) is 9.47 Å². The lowest BCUT2D eigenvalue weighted by Gasteiger charge is -2.58. The fourth-order valence-corrected chi connectivity index (χ4v) is 4.60. The summed E-state index contributed by atoms with van der Waals surface area (Å²) in [6, 6.07) is 8.51. The van der Waals surface area contributed by atoms with E-state index in [1.807, 2.05) is 18.2 Å². The average Bonchev–Trinajstić information content (AvgIpc) is 2.99. The molecule has 1 aromatic carbocycles. The maximum Gasteiger partial charge on any atom is 0.259 e. The molecule has 5 heteroatoms. The predicted octanol–water partition coefficient (Wildman–Crippen LogP) is 2.40. The fourth-order valence-electron chi connectivity index (χ4n) is 4.60. The van der Waals surface area contributed by atoms with Crippen LogP contribution in [0.5, 0.6) is 5.75 Å². The molecule has 138 valence electrons. The van der Waals surface area contributed by atoms with Gasteiger partial charge in [0.05, 0.1) is 6.10 Å². The zero-order valence-electron chi connectivity index (χ0n) is 16.0. The minimum atomic E-state index is -0.0331. The Morgan fingerprint density at radius 1 is 1.28 bits per heavy atom. The minimum Gasteiger partial charge on any atom is -0.483 e. The number of carbonyl (C=O) groups excluding carboxylic acids is 1. The van der Waals surface area contributed by atoms with Crippen LogP contribution in [0.4, 0.5) is 0 Å². The van der Waals surface area contributed by atoms with E-state index in [2.05, 4.69) is 31.9 Å². The van der Waals surface area contributed by atoms with Gasteiger partial charge in [-0.3, -0.25) is 9.69 Å². The molecule has 1 aliphatic carbocycles. The van der Waals surface area contributed by atoms with Gasteiger partial charge in [0.25, 0.3) is 5.91 Å². The highest BCUT2D eigenvalue weighted by Gasteiger charge is 2.60. The molecule has 1 aliphatic heterocycles. The molecule has 0 N–H and O–H groups in total. The number of rotatable bonds is 6. The van der Waals surface area contributed by atoms with Crippen molar-refractivity contribution in [3.05, 3.63) is 29.8 Å². The highest BCUT2D eigenvalue weighted by atomic mass is 16.5. The number of nitrogens with zero attached hydrogens (tertiary/aromatic N) is 2. The second-order valence-electron chi connectivity index (χ2n) is 8.11. The third-order valence-corrected chi connectivity index (χ3v) is 5.76. The van der Waals surface area contributed by atoms with E-state index in [-0.39, 0.29) is 17.9 Å². The van der Waals surface area contributed by atoms with Crippen LogP contribution in [0, 0.1) is 11.3 Å². The van der Waals surface area contributed by atoms with Crippen LogP contribution in [0.3, 0.4) is 0 Å². The number of para-hydroxylation sites is 1. The van der Waals surface area contributed by atoms with Gasteiger partial charge < -0.3 is 14.4 Å². The number of carbonyl (C=O) groups is 1. The van der Waals surface area contributed by atoms with Crippen molar-refractivity contribution in [2.75, 3.05) is 34.4 Å². The summed E-state index contributed by atoms with van der Waals surface area (Å²) in [6.07, 6.45) is 1.54. The van der Waals surface area contributed by atoms with Gasteiger partial charge in [0.15, 0.2) is 6.61 Å². The first-order valence-electron chi connectivity index (χ1n) is 9.05. The molecule has 2 aliphatic rings. The monoisotopic (exact) mass is 346 g/mol. The molecule has 25 heavy (non-hydrogen) atoms. The van der Waals surface area contributed by atoms with E-state index in [0.29, 0.717) is 18.1 Å². The molecule has 3 rings (SSSR count). The number of benzene rings is 1. The highest BCUT2D eigenvalue weighted by Crippen LogP contribution is 2.54. The van der Waals surface area contributed by atoms with Crippen LogP contribution in [-0.4, -0.2) is 62.2 Å². The Morgan fingerprint density at radius 2 is 2.00 bits per heavy atom. The first kappa shape index (κ1) is 18.2. The third kappa shape index (κ3) is 3.40. The maximum absolute atomic E-state index is 11.8. The van der Waals surface area contributed by atoms with Crippen LogP contribution in [0.1, 0.15) is 25.8 Å². The Balaban J connectivity index is 1.67. The first-order chi connectivity index (χ1) is 11.8. The van der Waals surface area contributed by atoms with Crippen molar-refractivity contribution in [3.63, 3.8) is 0 Å². The summed E-state index contributed by atoms with van der Waals surface area (Å²) in [5.41, 5.74) is 1.29. The average molecular weight is 346 g/mol. The highest BCUT2D eigenvalue weighted by molar-refractivity contribution is 5.77. The van der Waals surface area contributed by atoms with Gasteiger partial charge in [-0.1, -0.05) is 32.0 Å². The van der Waals surface area contributed by atoms with Gasteiger partial charge in [0.1, 0.15) is 5.75 Å². The largest absolute Gasteiger partial charge is 0.483 e. The van der Waals surface area contributed by atoms with Crippen molar-refractivity contribution < 1.29 is 14.3 Å². The van der Waals surface area contributed by atoms with E-state index in [9.17, 15) is 4.79 Å². The van der Waals surface area contributed by atoms with Gasteiger partial charge in [0.2, 0.25) is 0 Å². The van der Waals surface area contributed by atoms with E-state index in [1.54, 1.807) is 19.0 Å². The van der Waals surface area contributed by atoms with Crippen LogP contribution >= 0.6 is 0 Å². The van der Waals surface area contributed by atoms with Crippen molar-refractivity contribution in [1.29, 1.82) is 0 Å². The van der Waals surface area contributed by atoms with Gasteiger partial charge in [-0.15, -0.1) is 0 Å². The third-order valence-electron chi connectivity index (χ3n) is 5.76. The molecule has 3 atom stereocenters. The van der Waals surface area contributed by atoms with Gasteiger partial charge in [-0.2, -0.15) is 0 Å². The van der Waals surface area contributed by atoms with Crippen LogP contribution in [0.15, 0.2) is 24.3 Å². The number of hydrogen-bond acceptors (Lipinski definition) is 4. The molecule has 0 bridgehead atoms. The van der Waals surface area contributed by atoms with Crippen molar-refractivity contribution in [1.82, 2.24) is 9.80 Å². The fraction of sp³-hybridized carbons (Fsp3) is 0.650. The Morgan fingerprint density at radius 3 is 2.72 bits per heavy atom. The SMILES string of the molecule is CN(C)C(=O)COc1ccccc1CN(C)[C@@H]1[C@H]2CCO[C@@H]2C1(C)C. The zero-order chi connectivity index (χ0) is 18.2. The number of ether oxygens (including phenoxy) is 2. The van der Waals surface area contributed by atoms with E-state index < -0.39 is 0 Å². The molecule has 0 radical (unpaired) electrons. The molecule has 1 saturated heterocycles. The maximum atomic E-state index is 11.8. The Kier molecular flexibility index (Phi) is 5.07. The summed E-state index contributed by atoms with van der Waals surface area (Å²) in [5.74, 6) is 1.39. The van der Waals surface area contributed by atoms with Gasteiger partial charge in [-0.05, 0) is 19.5 Å². The summed E-state index contributed by atoms with van der Waals surface area (Å²) in [6.45, 7) is 6.37. The van der Waals surface area contributed by atoms with Gasteiger partial charge >= 0.3 is 0 Å². The molecule has 1 heterocycles. The number of hydrogen-bond donors (Lipinski definition) is 0. The molecule has 5 nitrogen and oxygen atoms in total. The quantitative estimate of drug-likeness (QED) is 0.793. The van der Waals surface area contributed by atoms with E-state index >= 15 is 0 Å². The standard InChI is InChI=1S/C20H30N2O3/c1-20(2)18(15-10-11-24-19(15)20)22(5)12-14-8-6-7-9-16(14)25-13-17(23)21(3)4/h6-9,15,18-19H,10-13H2,1-5H3/t15-,18-,19+/m1/s1. The molecule has 0 unspecified atom stereocenters. The lowest BCUT2D eigenvalue weighted by molar-refractivity contribution is -0.151. The number of fused-ring (bicyclic) bond motifs is 1. The molecular weight excluding hydrogens is 316 g/mol. The minimum absolute atomic E-state index is 0.0331. The lowest BCUT2D eigenvalue weighted by atomic mass is 9.57. The van der Waals surface area contributed by atoms with Crippen molar-refractivity contribution in [3.8, 4) is 5.75 Å². The first-order valence-corrected chi connectivity index (χ1v) is 9.05. The normalized spacial score (nSPS) is 26.9.